The van der Waals surface area contributed by atoms with E-state index in [1.165, 1.54) is 6.33 Å². The maximum atomic E-state index is 12.9. The molecule has 0 aliphatic carbocycles. The van der Waals surface area contributed by atoms with Crippen LogP contribution in [0, 0.1) is 6.92 Å². The topological polar surface area (TPSA) is 94.6 Å². The van der Waals surface area contributed by atoms with Crippen molar-refractivity contribution in [3.63, 3.8) is 0 Å². The van der Waals surface area contributed by atoms with Crippen LogP contribution in [-0.4, -0.2) is 58.4 Å². The van der Waals surface area contributed by atoms with Crippen LogP contribution in [0.4, 0.5) is 0 Å². The Bertz CT molecular complexity index is 933. The smallest absolute Gasteiger partial charge is 0.257 e. The minimum Gasteiger partial charge on any atom is -0.338 e. The Morgan fingerprint density at radius 3 is 3.00 bits per heavy atom. The van der Waals surface area contributed by atoms with Crippen LogP contribution in [0.1, 0.15) is 46.5 Å². The van der Waals surface area contributed by atoms with Crippen LogP contribution < -0.4 is 0 Å². The lowest BCUT2D eigenvalue weighted by molar-refractivity contribution is 0.0701. The van der Waals surface area contributed by atoms with Gasteiger partial charge in [0.2, 0.25) is 0 Å². The number of rotatable bonds is 4. The molecule has 9 heteroatoms. The zero-order valence-electron chi connectivity index (χ0n) is 15.5. The summed E-state index contributed by atoms with van der Waals surface area (Å²) in [6.45, 7) is 3.77. The quantitative estimate of drug-likeness (QED) is 0.688. The van der Waals surface area contributed by atoms with Gasteiger partial charge in [-0.15, -0.1) is 10.2 Å². The fraction of sp³-hybridized carbons (Fsp3) is 0.444. The van der Waals surface area contributed by atoms with Gasteiger partial charge in [0.15, 0.2) is 5.82 Å². The van der Waals surface area contributed by atoms with Gasteiger partial charge in [0.25, 0.3) is 5.91 Å². The van der Waals surface area contributed by atoms with Gasteiger partial charge in [0, 0.05) is 44.6 Å². The average molecular weight is 366 g/mol. The van der Waals surface area contributed by atoms with Gasteiger partial charge >= 0.3 is 0 Å². The number of piperidine rings is 1. The van der Waals surface area contributed by atoms with Gasteiger partial charge in [-0.2, -0.15) is 5.10 Å². The van der Waals surface area contributed by atoms with Gasteiger partial charge < -0.3 is 9.47 Å². The number of aryl methyl sites for hydroxylation is 1. The molecule has 27 heavy (non-hydrogen) atoms. The number of hydrogen-bond donors (Lipinski definition) is 0. The Morgan fingerprint density at radius 1 is 1.33 bits per heavy atom. The van der Waals surface area contributed by atoms with Crippen LogP contribution in [0.3, 0.4) is 0 Å². The summed E-state index contributed by atoms with van der Waals surface area (Å²) in [6, 6.07) is 1.89. The molecule has 4 rings (SSSR count). The van der Waals surface area contributed by atoms with Gasteiger partial charge in [0.05, 0.1) is 11.3 Å². The second kappa shape index (κ2) is 7.26. The Morgan fingerprint density at radius 2 is 2.22 bits per heavy atom. The molecule has 0 bridgehead atoms. The van der Waals surface area contributed by atoms with Crippen LogP contribution in [0.15, 0.2) is 31.0 Å². The van der Waals surface area contributed by atoms with Gasteiger partial charge in [-0.05, 0) is 25.8 Å². The summed E-state index contributed by atoms with van der Waals surface area (Å²) in [5.74, 6) is 1.91. The molecular weight excluding hydrogens is 344 g/mol. The maximum absolute atomic E-state index is 12.9. The third-order valence-electron chi connectivity index (χ3n) is 5.08. The molecule has 3 aromatic rings. The molecule has 140 valence electrons. The van der Waals surface area contributed by atoms with E-state index in [-0.39, 0.29) is 11.8 Å². The summed E-state index contributed by atoms with van der Waals surface area (Å²) in [6.07, 6.45) is 8.63. The molecule has 0 N–H and O–H groups in total. The Balaban J connectivity index is 1.51. The third-order valence-corrected chi connectivity index (χ3v) is 5.08. The summed E-state index contributed by atoms with van der Waals surface area (Å²) in [5, 5.41) is 13.0. The molecule has 9 nitrogen and oxygen atoms in total. The van der Waals surface area contributed by atoms with Crippen molar-refractivity contribution in [3.05, 3.63) is 53.9 Å². The van der Waals surface area contributed by atoms with Crippen LogP contribution in [0.25, 0.3) is 0 Å². The molecule has 1 saturated heterocycles. The first kappa shape index (κ1) is 17.3. The van der Waals surface area contributed by atoms with E-state index in [9.17, 15) is 4.79 Å². The van der Waals surface area contributed by atoms with Crippen LogP contribution in [-0.2, 0) is 13.6 Å². The van der Waals surface area contributed by atoms with Gasteiger partial charge in [-0.1, -0.05) is 0 Å². The molecule has 1 aliphatic rings. The minimum atomic E-state index is -0.0169. The molecular formula is C18H22N8O. The second-order valence-electron chi connectivity index (χ2n) is 6.85. The summed E-state index contributed by atoms with van der Waals surface area (Å²) < 4.78 is 3.85. The largest absolute Gasteiger partial charge is 0.338 e. The molecule has 0 radical (unpaired) electrons. The highest BCUT2D eigenvalue weighted by molar-refractivity contribution is 5.95. The van der Waals surface area contributed by atoms with Gasteiger partial charge in [0.1, 0.15) is 18.7 Å². The Hall–Kier alpha value is -3.10. The zero-order valence-corrected chi connectivity index (χ0v) is 15.5. The molecule has 4 heterocycles. The normalized spacial score (nSPS) is 17.3. The number of nitrogens with zero attached hydrogens (tertiary/aromatic N) is 8. The van der Waals surface area contributed by atoms with Crippen molar-refractivity contribution in [2.24, 2.45) is 7.05 Å². The second-order valence-corrected chi connectivity index (χ2v) is 6.85. The highest BCUT2D eigenvalue weighted by Crippen LogP contribution is 2.27. The Kier molecular flexibility index (Phi) is 4.66. The van der Waals surface area contributed by atoms with Crippen molar-refractivity contribution in [2.45, 2.75) is 32.2 Å². The molecule has 0 aromatic carbocycles. The maximum Gasteiger partial charge on any atom is 0.257 e. The minimum absolute atomic E-state index is 0.0169. The van der Waals surface area contributed by atoms with Crippen LogP contribution >= 0.6 is 0 Å². The number of amides is 1. The number of likely N-dealkylation sites (tertiary alicyclic amines) is 1. The van der Waals surface area contributed by atoms with E-state index in [0.29, 0.717) is 24.3 Å². The summed E-state index contributed by atoms with van der Waals surface area (Å²) in [4.78, 5) is 22.9. The van der Waals surface area contributed by atoms with Crippen molar-refractivity contribution in [3.8, 4) is 0 Å². The van der Waals surface area contributed by atoms with E-state index in [1.807, 2.05) is 40.4 Å². The first-order valence-corrected chi connectivity index (χ1v) is 9.05. The fourth-order valence-corrected chi connectivity index (χ4v) is 3.55. The standard InChI is InChI=1S/C18H22N8O/c1-13-15(9-19-12-20-13)18(27)25-7-3-5-14(10-25)17-23-22-16(24(17)2)11-26-8-4-6-21-26/h4,6,8-9,12,14H,3,5,7,10-11H2,1-2H3. The number of carbonyl (C=O) groups excluding carboxylic acids is 1. The van der Waals surface area contributed by atoms with Crippen LogP contribution in [0.2, 0.25) is 0 Å². The fourth-order valence-electron chi connectivity index (χ4n) is 3.55. The van der Waals surface area contributed by atoms with Crippen molar-refractivity contribution >= 4 is 5.91 Å². The van der Waals surface area contributed by atoms with E-state index < -0.39 is 0 Å². The average Bonchev–Trinajstić information content (AvgIpc) is 3.32. The van der Waals surface area contributed by atoms with E-state index in [2.05, 4.69) is 25.3 Å². The molecule has 1 unspecified atom stereocenters. The lowest BCUT2D eigenvalue weighted by atomic mass is 9.96. The van der Waals surface area contributed by atoms with Crippen molar-refractivity contribution in [1.82, 2.24) is 39.4 Å². The molecule has 3 aromatic heterocycles. The highest BCUT2D eigenvalue weighted by atomic mass is 16.2. The predicted molar refractivity (Wildman–Crippen MR) is 97.0 cm³/mol. The Labute approximate surface area is 157 Å². The van der Waals surface area contributed by atoms with Gasteiger partial charge in [-0.25, -0.2) is 9.97 Å². The monoisotopic (exact) mass is 366 g/mol. The molecule has 1 amide bonds. The first-order chi connectivity index (χ1) is 13.1. The molecule has 0 saturated carbocycles. The number of carbonyl (C=O) groups is 1. The summed E-state index contributed by atoms with van der Waals surface area (Å²) >= 11 is 0. The van der Waals surface area contributed by atoms with Crippen molar-refractivity contribution < 1.29 is 4.79 Å². The molecule has 0 spiro atoms. The SMILES string of the molecule is Cc1ncncc1C(=O)N1CCCC(c2nnc(Cn3cccn3)n2C)C1. The van der Waals surface area contributed by atoms with Gasteiger partial charge in [-0.3, -0.25) is 9.48 Å². The van der Waals surface area contributed by atoms with E-state index in [1.54, 1.807) is 12.4 Å². The molecule has 1 aliphatic heterocycles. The zero-order chi connectivity index (χ0) is 18.8. The van der Waals surface area contributed by atoms with E-state index >= 15 is 0 Å². The van der Waals surface area contributed by atoms with Crippen molar-refractivity contribution in [2.75, 3.05) is 13.1 Å². The number of hydrogen-bond acceptors (Lipinski definition) is 6. The highest BCUT2D eigenvalue weighted by Gasteiger charge is 2.29. The lowest BCUT2D eigenvalue weighted by Gasteiger charge is -2.32. The van der Waals surface area contributed by atoms with E-state index in [4.69, 9.17) is 0 Å². The predicted octanol–water partition coefficient (Wildman–Crippen LogP) is 1.18. The first-order valence-electron chi connectivity index (χ1n) is 9.05. The molecule has 1 fully saturated rings. The molecule has 1 atom stereocenters. The third kappa shape index (κ3) is 3.44. The lowest BCUT2D eigenvalue weighted by Crippen LogP contribution is -2.40. The summed E-state index contributed by atoms with van der Waals surface area (Å²) in [5.41, 5.74) is 1.27. The van der Waals surface area contributed by atoms with Crippen LogP contribution in [0.5, 0.6) is 0 Å². The number of aromatic nitrogens is 7. The summed E-state index contributed by atoms with van der Waals surface area (Å²) in [7, 11) is 1.98. The van der Waals surface area contributed by atoms with E-state index in [0.717, 1.165) is 31.0 Å². The van der Waals surface area contributed by atoms with Crippen molar-refractivity contribution in [1.29, 1.82) is 0 Å².